The number of rotatable bonds is 2. The maximum absolute atomic E-state index is 12.2. The second kappa shape index (κ2) is 4.91. The molecule has 0 radical (unpaired) electrons. The molecule has 1 saturated carbocycles. The highest BCUT2D eigenvalue weighted by atomic mass is 35.5. The van der Waals surface area contributed by atoms with Gasteiger partial charge in [0.25, 0.3) is 0 Å². The average Bonchev–Trinajstić information content (AvgIpc) is 2.37. The SMILES string of the molecule is CC1CC(C#N)(C(=O)Nc2cc(C#N)ccc2Cl)C1. The van der Waals surface area contributed by atoms with Crippen molar-refractivity contribution in [3.8, 4) is 12.1 Å². The van der Waals surface area contributed by atoms with E-state index in [-0.39, 0.29) is 5.91 Å². The minimum Gasteiger partial charge on any atom is -0.323 e. The molecule has 96 valence electrons. The van der Waals surface area contributed by atoms with Gasteiger partial charge in [-0.3, -0.25) is 4.79 Å². The summed E-state index contributed by atoms with van der Waals surface area (Å²) in [5.74, 6) is 0.0383. The van der Waals surface area contributed by atoms with Crippen molar-refractivity contribution in [2.75, 3.05) is 5.32 Å². The number of nitrogens with zero attached hydrogens (tertiary/aromatic N) is 2. The highest BCUT2D eigenvalue weighted by Crippen LogP contribution is 2.45. The highest BCUT2D eigenvalue weighted by Gasteiger charge is 2.49. The predicted molar refractivity (Wildman–Crippen MR) is 71.2 cm³/mol. The van der Waals surface area contributed by atoms with Crippen LogP contribution in [0.4, 0.5) is 5.69 Å². The van der Waals surface area contributed by atoms with Gasteiger partial charge < -0.3 is 5.32 Å². The van der Waals surface area contributed by atoms with E-state index in [0.29, 0.717) is 35.0 Å². The number of carbonyl (C=O) groups is 1. The third kappa shape index (κ3) is 2.41. The molecule has 0 aliphatic heterocycles. The molecular weight excluding hydrogens is 262 g/mol. The number of anilines is 1. The van der Waals surface area contributed by atoms with E-state index < -0.39 is 5.41 Å². The van der Waals surface area contributed by atoms with Gasteiger partial charge in [-0.05, 0) is 37.0 Å². The van der Waals surface area contributed by atoms with E-state index in [1.165, 1.54) is 6.07 Å². The molecule has 0 saturated heterocycles. The van der Waals surface area contributed by atoms with Crippen LogP contribution in [0.1, 0.15) is 25.3 Å². The van der Waals surface area contributed by atoms with Crippen LogP contribution >= 0.6 is 11.6 Å². The number of halogens is 1. The lowest BCUT2D eigenvalue weighted by Crippen LogP contribution is -2.45. The fourth-order valence-electron chi connectivity index (χ4n) is 2.39. The Labute approximate surface area is 116 Å². The smallest absolute Gasteiger partial charge is 0.244 e. The van der Waals surface area contributed by atoms with Crippen LogP contribution in [0.2, 0.25) is 5.02 Å². The van der Waals surface area contributed by atoms with Gasteiger partial charge in [0.2, 0.25) is 5.91 Å². The Morgan fingerprint density at radius 2 is 2.16 bits per heavy atom. The Hall–Kier alpha value is -2.04. The van der Waals surface area contributed by atoms with Gasteiger partial charge in [-0.15, -0.1) is 0 Å². The molecule has 1 amide bonds. The van der Waals surface area contributed by atoms with Crippen LogP contribution in [0.5, 0.6) is 0 Å². The zero-order valence-electron chi connectivity index (χ0n) is 10.4. The van der Waals surface area contributed by atoms with Crippen molar-refractivity contribution in [1.82, 2.24) is 0 Å². The number of carbonyl (C=O) groups excluding carboxylic acids is 1. The van der Waals surface area contributed by atoms with Crippen LogP contribution in [0.15, 0.2) is 18.2 Å². The van der Waals surface area contributed by atoms with Gasteiger partial charge in [0.05, 0.1) is 28.4 Å². The highest BCUT2D eigenvalue weighted by molar-refractivity contribution is 6.33. The molecule has 1 aromatic carbocycles. The third-order valence-corrected chi connectivity index (χ3v) is 3.72. The number of nitrogens with one attached hydrogen (secondary N) is 1. The van der Waals surface area contributed by atoms with Gasteiger partial charge in [0.1, 0.15) is 5.41 Å². The van der Waals surface area contributed by atoms with E-state index in [1.807, 2.05) is 13.0 Å². The van der Waals surface area contributed by atoms with Crippen LogP contribution in [0.3, 0.4) is 0 Å². The zero-order valence-corrected chi connectivity index (χ0v) is 11.2. The molecule has 0 unspecified atom stereocenters. The minimum absolute atomic E-state index is 0.343. The normalized spacial score (nSPS) is 24.7. The molecule has 1 N–H and O–H groups in total. The number of nitriles is 2. The van der Waals surface area contributed by atoms with Crippen LogP contribution in [0, 0.1) is 34.0 Å². The first-order valence-corrected chi connectivity index (χ1v) is 6.31. The molecular formula is C14H12ClN3O. The lowest BCUT2D eigenvalue weighted by Gasteiger charge is -2.39. The quantitative estimate of drug-likeness (QED) is 0.899. The van der Waals surface area contributed by atoms with Gasteiger partial charge in [-0.25, -0.2) is 0 Å². The first-order chi connectivity index (χ1) is 9.00. The molecule has 0 aromatic heterocycles. The second-order valence-electron chi connectivity index (χ2n) is 4.97. The molecule has 0 atom stereocenters. The summed E-state index contributed by atoms with van der Waals surface area (Å²) in [5.41, 5.74) is -0.168. The summed E-state index contributed by atoms with van der Waals surface area (Å²) in [7, 11) is 0. The molecule has 1 fully saturated rings. The molecule has 0 heterocycles. The topological polar surface area (TPSA) is 76.7 Å². The summed E-state index contributed by atoms with van der Waals surface area (Å²) in [4.78, 5) is 12.2. The summed E-state index contributed by atoms with van der Waals surface area (Å²) in [6.07, 6.45) is 1.12. The Bertz CT molecular complexity index is 606. The standard InChI is InChI=1S/C14H12ClN3O/c1-9-5-14(6-9,8-17)13(19)18-12-4-10(7-16)2-3-11(12)15/h2-4,9H,5-6H2,1H3,(H,18,19). The number of hydrogen-bond donors (Lipinski definition) is 1. The average molecular weight is 274 g/mol. The number of amides is 1. The van der Waals surface area contributed by atoms with Crippen LogP contribution < -0.4 is 5.32 Å². The maximum Gasteiger partial charge on any atom is 0.244 e. The third-order valence-electron chi connectivity index (χ3n) is 3.39. The lowest BCUT2D eigenvalue weighted by atomic mass is 9.63. The van der Waals surface area contributed by atoms with Gasteiger partial charge in [0, 0.05) is 0 Å². The summed E-state index contributed by atoms with van der Waals surface area (Å²) >= 11 is 5.97. The predicted octanol–water partition coefficient (Wildman–Crippen LogP) is 3.09. The summed E-state index contributed by atoms with van der Waals surface area (Å²) in [6.45, 7) is 2.01. The summed E-state index contributed by atoms with van der Waals surface area (Å²) in [6, 6.07) is 8.71. The van der Waals surface area contributed by atoms with E-state index in [4.69, 9.17) is 16.9 Å². The van der Waals surface area contributed by atoms with Gasteiger partial charge in [-0.2, -0.15) is 10.5 Å². The maximum atomic E-state index is 12.2. The summed E-state index contributed by atoms with van der Waals surface area (Å²) in [5, 5.41) is 21.0. The summed E-state index contributed by atoms with van der Waals surface area (Å²) < 4.78 is 0. The van der Waals surface area contributed by atoms with E-state index in [9.17, 15) is 10.1 Å². The molecule has 0 bridgehead atoms. The second-order valence-corrected chi connectivity index (χ2v) is 5.38. The van der Waals surface area contributed by atoms with Crippen molar-refractivity contribution >= 4 is 23.2 Å². The Morgan fingerprint density at radius 1 is 1.47 bits per heavy atom. The largest absolute Gasteiger partial charge is 0.323 e. The van der Waals surface area contributed by atoms with Crippen LogP contribution in [-0.4, -0.2) is 5.91 Å². The molecule has 1 aromatic rings. The molecule has 2 rings (SSSR count). The van der Waals surface area contributed by atoms with E-state index >= 15 is 0 Å². The minimum atomic E-state index is -0.953. The van der Waals surface area contributed by atoms with Crippen molar-refractivity contribution in [1.29, 1.82) is 10.5 Å². The van der Waals surface area contributed by atoms with E-state index in [2.05, 4.69) is 11.4 Å². The van der Waals surface area contributed by atoms with Crippen LogP contribution in [-0.2, 0) is 4.79 Å². The zero-order chi connectivity index (χ0) is 14.0. The van der Waals surface area contributed by atoms with Crippen molar-refractivity contribution in [3.63, 3.8) is 0 Å². The molecule has 1 aliphatic carbocycles. The monoisotopic (exact) mass is 273 g/mol. The molecule has 4 nitrogen and oxygen atoms in total. The van der Waals surface area contributed by atoms with Gasteiger partial charge >= 0.3 is 0 Å². The fourth-order valence-corrected chi connectivity index (χ4v) is 2.55. The van der Waals surface area contributed by atoms with Gasteiger partial charge in [-0.1, -0.05) is 18.5 Å². The van der Waals surface area contributed by atoms with Crippen LogP contribution in [0.25, 0.3) is 0 Å². The molecule has 5 heteroatoms. The Kier molecular flexibility index (Phi) is 3.46. The van der Waals surface area contributed by atoms with Crippen molar-refractivity contribution in [3.05, 3.63) is 28.8 Å². The number of hydrogen-bond acceptors (Lipinski definition) is 3. The van der Waals surface area contributed by atoms with Crippen molar-refractivity contribution in [2.45, 2.75) is 19.8 Å². The van der Waals surface area contributed by atoms with Crippen molar-refractivity contribution in [2.24, 2.45) is 11.3 Å². The van der Waals surface area contributed by atoms with Crippen molar-refractivity contribution < 1.29 is 4.79 Å². The number of benzene rings is 1. The Balaban J connectivity index is 2.20. The fraction of sp³-hybridized carbons (Fsp3) is 0.357. The first-order valence-electron chi connectivity index (χ1n) is 5.93. The molecule has 19 heavy (non-hydrogen) atoms. The van der Waals surface area contributed by atoms with Gasteiger partial charge in [0.15, 0.2) is 0 Å². The molecule has 1 aliphatic rings. The first kappa shape index (κ1) is 13.4. The Morgan fingerprint density at radius 3 is 2.68 bits per heavy atom. The van der Waals surface area contributed by atoms with E-state index in [0.717, 1.165) is 0 Å². The van der Waals surface area contributed by atoms with E-state index in [1.54, 1.807) is 12.1 Å². The lowest BCUT2D eigenvalue weighted by molar-refractivity contribution is -0.128. The molecule has 0 spiro atoms.